The number of hydrogen-bond acceptors (Lipinski definition) is 2. The van der Waals surface area contributed by atoms with E-state index >= 15 is 0 Å². The number of nitrogens with one attached hydrogen (secondary N) is 1. The second kappa shape index (κ2) is 4.52. The number of benzene rings is 1. The van der Waals surface area contributed by atoms with E-state index < -0.39 is 6.03 Å². The van der Waals surface area contributed by atoms with Gasteiger partial charge in [0.1, 0.15) is 0 Å². The zero-order valence-electron chi connectivity index (χ0n) is 7.70. The zero-order chi connectivity index (χ0) is 11.4. The molecule has 0 radical (unpaired) electrons. The van der Waals surface area contributed by atoms with Gasteiger partial charge in [-0.15, -0.1) is 0 Å². The van der Waals surface area contributed by atoms with Gasteiger partial charge < -0.3 is 22.5 Å². The third kappa shape index (κ3) is 3.35. The quantitative estimate of drug-likeness (QED) is 0.321. The van der Waals surface area contributed by atoms with Gasteiger partial charge in [0, 0.05) is 5.69 Å². The highest BCUT2D eigenvalue weighted by molar-refractivity contribution is 6.33. The number of hydrogen-bond donors (Lipinski definition) is 4. The highest BCUT2D eigenvalue weighted by atomic mass is 35.5. The summed E-state index contributed by atoms with van der Waals surface area (Å²) in [5.41, 5.74) is 16.4. The minimum Gasteiger partial charge on any atom is -0.398 e. The Morgan fingerprint density at radius 2 is 2.07 bits per heavy atom. The number of carbonyl (C=O) groups is 1. The molecule has 0 spiro atoms. The van der Waals surface area contributed by atoms with Crippen molar-refractivity contribution in [2.24, 2.45) is 16.5 Å². The van der Waals surface area contributed by atoms with Crippen LogP contribution >= 0.6 is 11.6 Å². The molecule has 0 fully saturated rings. The van der Waals surface area contributed by atoms with Gasteiger partial charge in [-0.1, -0.05) is 11.6 Å². The van der Waals surface area contributed by atoms with Gasteiger partial charge in [0.2, 0.25) is 0 Å². The summed E-state index contributed by atoms with van der Waals surface area (Å²) in [6.07, 6.45) is 0. The molecule has 7 heteroatoms. The Hall–Kier alpha value is -1.95. The monoisotopic (exact) mass is 227 g/mol. The van der Waals surface area contributed by atoms with Crippen molar-refractivity contribution in [3.05, 3.63) is 23.2 Å². The number of urea groups is 1. The highest BCUT2D eigenvalue weighted by Gasteiger charge is 2.02. The minimum atomic E-state index is -0.671. The van der Waals surface area contributed by atoms with Gasteiger partial charge >= 0.3 is 6.03 Å². The molecule has 80 valence electrons. The van der Waals surface area contributed by atoms with E-state index in [0.29, 0.717) is 16.4 Å². The van der Waals surface area contributed by atoms with E-state index in [1.807, 2.05) is 0 Å². The molecule has 0 atom stereocenters. The summed E-state index contributed by atoms with van der Waals surface area (Å²) < 4.78 is 0. The number of nitrogen functional groups attached to an aromatic ring is 1. The standard InChI is InChI=1S/C8H10ClN5O/c9-5-3-4(1-2-6(5)10)13-8(15)14-7(11)12/h1-3H,10H2,(H5,11,12,13,14,15). The van der Waals surface area contributed by atoms with Crippen LogP contribution in [0, 0.1) is 0 Å². The number of halogens is 1. The first-order chi connectivity index (χ1) is 6.99. The smallest absolute Gasteiger partial charge is 0.348 e. The lowest BCUT2D eigenvalue weighted by Crippen LogP contribution is -2.25. The number of rotatable bonds is 1. The predicted octanol–water partition coefficient (Wildman–Crippen LogP) is 0.728. The first-order valence-electron chi connectivity index (χ1n) is 3.94. The van der Waals surface area contributed by atoms with Crippen LogP contribution in [0.5, 0.6) is 0 Å². The van der Waals surface area contributed by atoms with E-state index in [1.165, 1.54) is 6.07 Å². The van der Waals surface area contributed by atoms with Gasteiger partial charge in [-0.25, -0.2) is 4.79 Å². The second-order valence-corrected chi connectivity index (χ2v) is 3.11. The molecule has 0 heterocycles. The lowest BCUT2D eigenvalue weighted by atomic mass is 10.3. The van der Waals surface area contributed by atoms with Crippen LogP contribution < -0.4 is 22.5 Å². The molecule has 0 aliphatic carbocycles. The first kappa shape index (κ1) is 11.1. The maximum absolute atomic E-state index is 11.1. The van der Waals surface area contributed by atoms with Crippen molar-refractivity contribution in [1.82, 2.24) is 0 Å². The van der Waals surface area contributed by atoms with Crippen molar-refractivity contribution in [1.29, 1.82) is 0 Å². The molecule has 2 amide bonds. The first-order valence-corrected chi connectivity index (χ1v) is 4.32. The van der Waals surface area contributed by atoms with Crippen molar-refractivity contribution in [3.8, 4) is 0 Å². The molecule has 7 N–H and O–H groups in total. The van der Waals surface area contributed by atoms with E-state index in [4.69, 9.17) is 28.8 Å². The summed E-state index contributed by atoms with van der Waals surface area (Å²) in [6, 6.07) is 3.97. The van der Waals surface area contributed by atoms with Crippen LogP contribution in [0.25, 0.3) is 0 Å². The summed E-state index contributed by atoms with van der Waals surface area (Å²) in [4.78, 5) is 14.4. The van der Waals surface area contributed by atoms with Gasteiger partial charge in [0.15, 0.2) is 5.96 Å². The fraction of sp³-hybridized carbons (Fsp3) is 0. The number of guanidine groups is 1. The largest absolute Gasteiger partial charge is 0.398 e. The molecule has 0 unspecified atom stereocenters. The number of anilines is 2. The fourth-order valence-electron chi connectivity index (χ4n) is 0.874. The number of amides is 2. The van der Waals surface area contributed by atoms with Crippen molar-refractivity contribution in [3.63, 3.8) is 0 Å². The summed E-state index contributed by atoms with van der Waals surface area (Å²) in [5, 5.41) is 2.76. The summed E-state index contributed by atoms with van der Waals surface area (Å²) in [6.45, 7) is 0. The average Bonchev–Trinajstić information content (AvgIpc) is 2.10. The van der Waals surface area contributed by atoms with Crippen LogP contribution in [-0.2, 0) is 0 Å². The molecule has 0 saturated heterocycles. The Morgan fingerprint density at radius 1 is 1.40 bits per heavy atom. The number of carbonyl (C=O) groups excluding carboxylic acids is 1. The third-order valence-corrected chi connectivity index (χ3v) is 1.81. The summed E-state index contributed by atoms with van der Waals surface area (Å²) in [7, 11) is 0. The second-order valence-electron chi connectivity index (χ2n) is 2.70. The Morgan fingerprint density at radius 3 is 2.60 bits per heavy atom. The minimum absolute atomic E-state index is 0.311. The molecule has 0 aliphatic rings. The Balaban J connectivity index is 2.78. The van der Waals surface area contributed by atoms with E-state index in [1.54, 1.807) is 12.1 Å². The SMILES string of the molecule is NC(N)=NC(=O)Nc1ccc(N)c(Cl)c1. The van der Waals surface area contributed by atoms with Gasteiger partial charge in [-0.3, -0.25) is 0 Å². The Labute approximate surface area is 91.1 Å². The predicted molar refractivity (Wildman–Crippen MR) is 60.7 cm³/mol. The van der Waals surface area contributed by atoms with Gasteiger partial charge in [0.05, 0.1) is 10.7 Å². The van der Waals surface area contributed by atoms with E-state index in [2.05, 4.69) is 10.3 Å². The normalized spacial score (nSPS) is 9.40. The maximum Gasteiger partial charge on any atom is 0.348 e. The van der Waals surface area contributed by atoms with Crippen molar-refractivity contribution in [2.45, 2.75) is 0 Å². The molecule has 6 nitrogen and oxygen atoms in total. The number of aliphatic imine (C=N–C) groups is 1. The summed E-state index contributed by atoms with van der Waals surface area (Å²) in [5.74, 6) is -0.311. The van der Waals surface area contributed by atoms with Crippen LogP contribution in [0.1, 0.15) is 0 Å². The lowest BCUT2D eigenvalue weighted by molar-refractivity contribution is 0.259. The van der Waals surface area contributed by atoms with Crippen molar-refractivity contribution < 1.29 is 4.79 Å². The van der Waals surface area contributed by atoms with Gasteiger partial charge in [-0.05, 0) is 18.2 Å². The molecule has 1 rings (SSSR count). The van der Waals surface area contributed by atoms with Gasteiger partial charge in [0.25, 0.3) is 0 Å². The van der Waals surface area contributed by atoms with Gasteiger partial charge in [-0.2, -0.15) is 4.99 Å². The zero-order valence-corrected chi connectivity index (χ0v) is 8.45. The number of nitrogens with two attached hydrogens (primary N) is 3. The van der Waals surface area contributed by atoms with Crippen molar-refractivity contribution >= 4 is 35.0 Å². The molecule has 15 heavy (non-hydrogen) atoms. The average molecular weight is 228 g/mol. The van der Waals surface area contributed by atoms with E-state index in [-0.39, 0.29) is 5.96 Å². The Bertz CT molecular complexity index is 413. The molecular formula is C8H10ClN5O. The molecule has 0 bridgehead atoms. The molecule has 0 aliphatic heterocycles. The van der Waals surface area contributed by atoms with Crippen molar-refractivity contribution in [2.75, 3.05) is 11.1 Å². The third-order valence-electron chi connectivity index (χ3n) is 1.48. The van der Waals surface area contributed by atoms with Crippen LogP contribution in [0.2, 0.25) is 5.02 Å². The highest BCUT2D eigenvalue weighted by Crippen LogP contribution is 2.22. The topological polar surface area (TPSA) is 120 Å². The fourth-order valence-corrected chi connectivity index (χ4v) is 1.05. The summed E-state index contributed by atoms with van der Waals surface area (Å²) >= 11 is 5.74. The lowest BCUT2D eigenvalue weighted by Gasteiger charge is -2.03. The molecule has 1 aromatic carbocycles. The maximum atomic E-state index is 11.1. The Kier molecular flexibility index (Phi) is 3.35. The molecule has 0 saturated carbocycles. The van der Waals surface area contributed by atoms with Crippen LogP contribution in [-0.4, -0.2) is 12.0 Å². The van der Waals surface area contributed by atoms with Crippen LogP contribution in [0.3, 0.4) is 0 Å². The molecule has 0 aromatic heterocycles. The van der Waals surface area contributed by atoms with E-state index in [0.717, 1.165) is 0 Å². The number of nitrogens with zero attached hydrogens (tertiary/aromatic N) is 1. The molecular weight excluding hydrogens is 218 g/mol. The van der Waals surface area contributed by atoms with Crippen LogP contribution in [0.15, 0.2) is 23.2 Å². The van der Waals surface area contributed by atoms with E-state index in [9.17, 15) is 4.79 Å². The van der Waals surface area contributed by atoms with Crippen LogP contribution in [0.4, 0.5) is 16.2 Å². The molecule has 1 aromatic rings.